The van der Waals surface area contributed by atoms with Crippen LogP contribution in [0.2, 0.25) is 5.02 Å². The molecule has 0 radical (unpaired) electrons. The SMILES string of the molecule is Cc1cc(CN(CC(C)C)[C@@H](CC(=O)O)c2ccc(Cl)c(F)c2)ccc1OCCn1c(O)ccc1O. The Morgan fingerprint density at radius 1 is 1.11 bits per heavy atom. The molecule has 0 bridgehead atoms. The number of carbonyl (C=O) groups is 1. The lowest BCUT2D eigenvalue weighted by Crippen LogP contribution is -2.33. The standard InChI is InChI=1S/C27H32ClFN2O5/c1-17(2)15-30(23(14-27(34)35)20-5-6-21(28)22(29)13-20)16-19-4-7-24(18(3)12-19)36-11-10-31-25(32)8-9-26(31)33/h4-9,12-13,17,23,32-33H,10-11,14-16H2,1-3H3,(H,34,35)/t23-/m0/s1. The van der Waals surface area contributed by atoms with Crippen LogP contribution in [0.15, 0.2) is 48.5 Å². The lowest BCUT2D eigenvalue weighted by atomic mass is 9.99. The van der Waals surface area contributed by atoms with Crippen molar-refractivity contribution in [2.45, 2.75) is 46.3 Å². The summed E-state index contributed by atoms with van der Waals surface area (Å²) < 4.78 is 21.4. The van der Waals surface area contributed by atoms with E-state index >= 15 is 0 Å². The first-order valence-corrected chi connectivity index (χ1v) is 12.1. The predicted octanol–water partition coefficient (Wildman–Crippen LogP) is 5.75. The first-order valence-electron chi connectivity index (χ1n) is 11.8. The summed E-state index contributed by atoms with van der Waals surface area (Å²) in [7, 11) is 0. The second kappa shape index (κ2) is 12.1. The summed E-state index contributed by atoms with van der Waals surface area (Å²) in [6.07, 6.45) is -0.174. The van der Waals surface area contributed by atoms with Crippen LogP contribution < -0.4 is 4.74 Å². The molecule has 1 atom stereocenters. The number of benzene rings is 2. The van der Waals surface area contributed by atoms with Crippen LogP contribution in [0.3, 0.4) is 0 Å². The van der Waals surface area contributed by atoms with Gasteiger partial charge in [0, 0.05) is 31.3 Å². The number of hydrogen-bond acceptors (Lipinski definition) is 5. The number of aliphatic carboxylic acids is 1. The highest BCUT2D eigenvalue weighted by Gasteiger charge is 2.25. The minimum Gasteiger partial charge on any atom is -0.494 e. The highest BCUT2D eigenvalue weighted by atomic mass is 35.5. The van der Waals surface area contributed by atoms with E-state index < -0.39 is 17.8 Å². The molecule has 0 saturated heterocycles. The van der Waals surface area contributed by atoms with Gasteiger partial charge in [0.1, 0.15) is 18.2 Å². The topological polar surface area (TPSA) is 95.2 Å². The Labute approximate surface area is 215 Å². The van der Waals surface area contributed by atoms with Crippen LogP contribution >= 0.6 is 11.6 Å². The summed E-state index contributed by atoms with van der Waals surface area (Å²) >= 11 is 5.85. The summed E-state index contributed by atoms with van der Waals surface area (Å²) in [6, 6.07) is 12.5. The van der Waals surface area contributed by atoms with E-state index in [1.165, 1.54) is 28.8 Å². The molecule has 0 fully saturated rings. The zero-order chi connectivity index (χ0) is 26.4. The summed E-state index contributed by atoms with van der Waals surface area (Å²) in [5, 5.41) is 29.1. The molecular formula is C27H32ClFN2O5. The van der Waals surface area contributed by atoms with E-state index in [4.69, 9.17) is 16.3 Å². The smallest absolute Gasteiger partial charge is 0.305 e. The third kappa shape index (κ3) is 7.15. The Kier molecular flexibility index (Phi) is 9.23. The van der Waals surface area contributed by atoms with Gasteiger partial charge in [-0.3, -0.25) is 14.3 Å². The molecule has 194 valence electrons. The van der Waals surface area contributed by atoms with Crippen molar-refractivity contribution in [3.8, 4) is 17.5 Å². The largest absolute Gasteiger partial charge is 0.494 e. The summed E-state index contributed by atoms with van der Waals surface area (Å²) in [6.45, 7) is 7.63. The number of aryl methyl sites for hydroxylation is 1. The minimum atomic E-state index is -0.969. The fraction of sp³-hybridized carbons (Fsp3) is 0.370. The number of halogens is 2. The van der Waals surface area contributed by atoms with Gasteiger partial charge in [0.2, 0.25) is 0 Å². The summed E-state index contributed by atoms with van der Waals surface area (Å²) in [5.41, 5.74) is 2.42. The average molecular weight is 519 g/mol. The van der Waals surface area contributed by atoms with Crippen LogP contribution in [0.1, 0.15) is 43.0 Å². The molecule has 3 N–H and O–H groups in total. The Morgan fingerprint density at radius 3 is 2.39 bits per heavy atom. The third-order valence-electron chi connectivity index (χ3n) is 5.87. The molecule has 36 heavy (non-hydrogen) atoms. The Bertz CT molecular complexity index is 1180. The van der Waals surface area contributed by atoms with E-state index in [9.17, 15) is 24.5 Å². The molecule has 0 unspecified atom stereocenters. The molecular weight excluding hydrogens is 487 g/mol. The molecule has 0 amide bonds. The van der Waals surface area contributed by atoms with Crippen molar-refractivity contribution in [3.05, 3.63) is 76.1 Å². The Morgan fingerprint density at radius 2 is 1.81 bits per heavy atom. The lowest BCUT2D eigenvalue weighted by molar-refractivity contribution is -0.138. The zero-order valence-electron chi connectivity index (χ0n) is 20.6. The van der Waals surface area contributed by atoms with Crippen molar-refractivity contribution >= 4 is 17.6 Å². The van der Waals surface area contributed by atoms with Crippen LogP contribution in [-0.4, -0.2) is 43.9 Å². The molecule has 3 rings (SSSR count). The fourth-order valence-electron chi connectivity index (χ4n) is 4.24. The van der Waals surface area contributed by atoms with Gasteiger partial charge in [-0.25, -0.2) is 4.39 Å². The molecule has 7 nitrogen and oxygen atoms in total. The number of carboxylic acid groups (broad SMARTS) is 1. The first-order chi connectivity index (χ1) is 17.0. The average Bonchev–Trinajstić information content (AvgIpc) is 3.12. The highest BCUT2D eigenvalue weighted by molar-refractivity contribution is 6.30. The van der Waals surface area contributed by atoms with Crippen LogP contribution in [0.5, 0.6) is 17.5 Å². The fourth-order valence-corrected chi connectivity index (χ4v) is 4.36. The third-order valence-corrected chi connectivity index (χ3v) is 6.18. The van der Waals surface area contributed by atoms with Crippen LogP contribution in [0.4, 0.5) is 4.39 Å². The Balaban J connectivity index is 1.78. The predicted molar refractivity (Wildman–Crippen MR) is 136 cm³/mol. The normalized spacial score (nSPS) is 12.3. The molecule has 3 aromatic rings. The van der Waals surface area contributed by atoms with Crippen LogP contribution in [0.25, 0.3) is 0 Å². The van der Waals surface area contributed by atoms with Crippen molar-refractivity contribution in [1.82, 2.24) is 9.47 Å². The van der Waals surface area contributed by atoms with E-state index in [0.717, 1.165) is 11.1 Å². The van der Waals surface area contributed by atoms with Gasteiger partial charge in [-0.15, -0.1) is 0 Å². The van der Waals surface area contributed by atoms with Crippen molar-refractivity contribution in [2.24, 2.45) is 5.92 Å². The van der Waals surface area contributed by atoms with Crippen molar-refractivity contribution < 1.29 is 29.2 Å². The number of aromatic hydroxyl groups is 2. The van der Waals surface area contributed by atoms with E-state index in [2.05, 4.69) is 13.8 Å². The minimum absolute atomic E-state index is 0.00310. The molecule has 1 aromatic heterocycles. The number of carboxylic acids is 1. The number of aromatic nitrogens is 1. The van der Waals surface area contributed by atoms with E-state index in [0.29, 0.717) is 24.4 Å². The number of rotatable bonds is 12. The Hall–Kier alpha value is -3.23. The van der Waals surface area contributed by atoms with E-state index in [1.807, 2.05) is 30.0 Å². The van der Waals surface area contributed by atoms with Gasteiger partial charge in [0.25, 0.3) is 0 Å². The first kappa shape index (κ1) is 27.4. The second-order valence-corrected chi connectivity index (χ2v) is 9.67. The molecule has 0 aliphatic carbocycles. The lowest BCUT2D eigenvalue weighted by Gasteiger charge is -2.33. The number of nitrogens with zero attached hydrogens (tertiary/aromatic N) is 2. The summed E-state index contributed by atoms with van der Waals surface area (Å²) in [4.78, 5) is 13.8. The summed E-state index contributed by atoms with van der Waals surface area (Å²) in [5.74, 6) is -0.697. The van der Waals surface area contributed by atoms with Crippen molar-refractivity contribution in [2.75, 3.05) is 13.2 Å². The van der Waals surface area contributed by atoms with Gasteiger partial charge in [-0.1, -0.05) is 43.6 Å². The van der Waals surface area contributed by atoms with Gasteiger partial charge in [-0.05, 0) is 47.7 Å². The monoisotopic (exact) mass is 518 g/mol. The molecule has 0 aliphatic rings. The number of hydrogen-bond donors (Lipinski definition) is 3. The maximum absolute atomic E-state index is 14.2. The van der Waals surface area contributed by atoms with Crippen molar-refractivity contribution in [3.63, 3.8) is 0 Å². The molecule has 0 saturated carbocycles. The maximum Gasteiger partial charge on any atom is 0.305 e. The second-order valence-electron chi connectivity index (χ2n) is 9.26. The molecule has 0 aliphatic heterocycles. The van der Waals surface area contributed by atoms with Gasteiger partial charge in [-0.2, -0.15) is 0 Å². The quantitative estimate of drug-likeness (QED) is 0.282. The van der Waals surface area contributed by atoms with Gasteiger partial charge >= 0.3 is 5.97 Å². The number of ether oxygens (including phenoxy) is 1. The van der Waals surface area contributed by atoms with Gasteiger partial charge < -0.3 is 20.1 Å². The van der Waals surface area contributed by atoms with Crippen LogP contribution in [-0.2, 0) is 17.9 Å². The highest BCUT2D eigenvalue weighted by Crippen LogP contribution is 2.31. The molecule has 2 aromatic carbocycles. The van der Waals surface area contributed by atoms with Gasteiger partial charge in [0.05, 0.1) is 18.0 Å². The van der Waals surface area contributed by atoms with Crippen molar-refractivity contribution in [1.29, 1.82) is 0 Å². The maximum atomic E-state index is 14.2. The van der Waals surface area contributed by atoms with E-state index in [1.54, 1.807) is 6.07 Å². The van der Waals surface area contributed by atoms with Gasteiger partial charge in [0.15, 0.2) is 11.8 Å². The van der Waals surface area contributed by atoms with E-state index in [-0.39, 0.29) is 42.3 Å². The zero-order valence-corrected chi connectivity index (χ0v) is 21.4. The molecule has 1 heterocycles. The van der Waals surface area contributed by atoms with Crippen LogP contribution in [0, 0.1) is 18.7 Å². The molecule has 9 heteroatoms. The molecule has 0 spiro atoms.